The third-order valence-electron chi connectivity index (χ3n) is 3.61. The molecule has 8 nitrogen and oxygen atoms in total. The molecule has 142 valence electrons. The number of primary sulfonamides is 1. The first-order valence-corrected chi connectivity index (χ1v) is 8.74. The molecule has 0 aliphatic heterocycles. The molecule has 3 rings (SSSR count). The van der Waals surface area contributed by atoms with E-state index in [0.717, 1.165) is 35.1 Å². The van der Waals surface area contributed by atoms with Crippen LogP contribution in [0.25, 0.3) is 16.9 Å². The van der Waals surface area contributed by atoms with Gasteiger partial charge in [-0.1, -0.05) is 0 Å². The number of sulfonamides is 1. The highest BCUT2D eigenvalue weighted by Gasteiger charge is 2.35. The van der Waals surface area contributed by atoms with Gasteiger partial charge in [-0.25, -0.2) is 18.2 Å². The molecule has 2 aromatic heterocycles. The van der Waals surface area contributed by atoms with Crippen LogP contribution in [0.15, 0.2) is 58.4 Å². The van der Waals surface area contributed by atoms with Crippen molar-refractivity contribution >= 4 is 10.0 Å². The first-order chi connectivity index (χ1) is 12.5. The molecule has 0 unspecified atom stereocenters. The Morgan fingerprint density at radius 3 is 2.22 bits per heavy atom. The van der Waals surface area contributed by atoms with Gasteiger partial charge in [0.1, 0.15) is 0 Å². The van der Waals surface area contributed by atoms with Gasteiger partial charge in [-0.15, -0.1) is 0 Å². The minimum Gasteiger partial charge on any atom is -0.425 e. The van der Waals surface area contributed by atoms with E-state index in [2.05, 4.69) is 5.10 Å². The van der Waals surface area contributed by atoms with E-state index in [0.29, 0.717) is 0 Å². The lowest BCUT2D eigenvalue weighted by Crippen LogP contribution is -2.15. The number of aromatic nitrogens is 3. The first-order valence-electron chi connectivity index (χ1n) is 7.19. The monoisotopic (exact) mass is 400 g/mol. The summed E-state index contributed by atoms with van der Waals surface area (Å²) in [5.41, 5.74) is -1.95. The Balaban J connectivity index is 2.20. The quantitative estimate of drug-likeness (QED) is 0.647. The number of halogens is 3. The van der Waals surface area contributed by atoms with Crippen LogP contribution in [-0.4, -0.2) is 28.1 Å². The minimum absolute atomic E-state index is 0.0730. The molecule has 0 amide bonds. The Morgan fingerprint density at radius 1 is 1.07 bits per heavy atom. The van der Waals surface area contributed by atoms with Gasteiger partial charge < -0.3 is 5.21 Å². The maximum Gasteiger partial charge on any atom is 0.435 e. The number of pyridine rings is 1. The van der Waals surface area contributed by atoms with Crippen LogP contribution in [0.4, 0.5) is 13.2 Å². The summed E-state index contributed by atoms with van der Waals surface area (Å²) in [7, 11) is -3.97. The van der Waals surface area contributed by atoms with Crippen LogP contribution < -0.4 is 10.7 Å². The van der Waals surface area contributed by atoms with Crippen molar-refractivity contribution in [3.8, 4) is 16.9 Å². The number of benzene rings is 1. The predicted molar refractivity (Wildman–Crippen MR) is 86.8 cm³/mol. The number of hydrogen-bond acceptors (Lipinski definition) is 5. The van der Waals surface area contributed by atoms with Crippen molar-refractivity contribution in [2.24, 2.45) is 5.14 Å². The molecule has 1 aromatic carbocycles. The fraction of sp³-hybridized carbons (Fsp3) is 0.0667. The van der Waals surface area contributed by atoms with Gasteiger partial charge in [0.15, 0.2) is 5.69 Å². The summed E-state index contributed by atoms with van der Waals surface area (Å²) in [6.07, 6.45) is -3.77. The summed E-state index contributed by atoms with van der Waals surface area (Å²) in [5.74, 6) is 0. The molecule has 0 aliphatic rings. The largest absolute Gasteiger partial charge is 0.435 e. The van der Waals surface area contributed by atoms with Crippen molar-refractivity contribution in [3.05, 3.63) is 64.7 Å². The third kappa shape index (κ3) is 3.71. The lowest BCUT2D eigenvalue weighted by molar-refractivity contribution is -0.141. The topological polar surface area (TPSA) is 120 Å². The molecule has 27 heavy (non-hydrogen) atoms. The molecule has 3 N–H and O–H groups in total. The van der Waals surface area contributed by atoms with Crippen molar-refractivity contribution < 1.29 is 26.8 Å². The molecule has 0 spiro atoms. The van der Waals surface area contributed by atoms with Gasteiger partial charge >= 0.3 is 6.18 Å². The second-order valence-corrected chi connectivity index (χ2v) is 7.02. The summed E-state index contributed by atoms with van der Waals surface area (Å²) in [5, 5.41) is 17.8. The zero-order valence-corrected chi connectivity index (χ0v) is 14.1. The van der Waals surface area contributed by atoms with E-state index in [1.165, 1.54) is 18.2 Å². The molecule has 0 aliphatic carbocycles. The van der Waals surface area contributed by atoms with Crippen LogP contribution in [0.3, 0.4) is 0 Å². The lowest BCUT2D eigenvalue weighted by atomic mass is 10.2. The van der Waals surface area contributed by atoms with E-state index in [4.69, 9.17) is 5.14 Å². The molecule has 0 radical (unpaired) electrons. The molecule has 0 saturated carbocycles. The molecular weight excluding hydrogens is 389 g/mol. The van der Waals surface area contributed by atoms with Crippen molar-refractivity contribution in [1.29, 1.82) is 0 Å². The van der Waals surface area contributed by atoms with Gasteiger partial charge in [0.2, 0.25) is 10.0 Å². The second-order valence-electron chi connectivity index (χ2n) is 5.46. The molecule has 0 bridgehead atoms. The number of alkyl halides is 3. The fourth-order valence-electron chi connectivity index (χ4n) is 2.33. The van der Waals surface area contributed by atoms with Crippen LogP contribution in [0.1, 0.15) is 5.69 Å². The summed E-state index contributed by atoms with van der Waals surface area (Å²) in [6, 6.07) is 7.60. The number of nitrogens with zero attached hydrogens (tertiary/aromatic N) is 3. The van der Waals surface area contributed by atoms with Crippen molar-refractivity contribution in [2.45, 2.75) is 11.1 Å². The highest BCUT2D eigenvalue weighted by atomic mass is 32.2. The molecule has 0 atom stereocenters. The zero-order chi connectivity index (χ0) is 20.0. The molecule has 12 heteroatoms. The van der Waals surface area contributed by atoms with E-state index in [1.807, 2.05) is 0 Å². The Bertz CT molecular complexity index is 1170. The zero-order valence-electron chi connectivity index (χ0n) is 13.3. The average molecular weight is 400 g/mol. The average Bonchev–Trinajstić information content (AvgIpc) is 3.02. The maximum atomic E-state index is 13.1. The number of nitrogens with two attached hydrogens (primary N) is 1. The Morgan fingerprint density at radius 2 is 1.70 bits per heavy atom. The van der Waals surface area contributed by atoms with Crippen LogP contribution >= 0.6 is 0 Å². The van der Waals surface area contributed by atoms with E-state index >= 15 is 0 Å². The van der Waals surface area contributed by atoms with Gasteiger partial charge in [-0.2, -0.15) is 23.0 Å². The van der Waals surface area contributed by atoms with Crippen LogP contribution in [0.5, 0.6) is 0 Å². The summed E-state index contributed by atoms with van der Waals surface area (Å²) in [4.78, 5) is 11.4. The summed E-state index contributed by atoms with van der Waals surface area (Å²) >= 11 is 0. The number of hydrogen-bond donors (Lipinski definition) is 2. The third-order valence-corrected chi connectivity index (χ3v) is 4.53. The van der Waals surface area contributed by atoms with Gasteiger partial charge in [0.25, 0.3) is 5.56 Å². The first kappa shape index (κ1) is 18.7. The highest BCUT2D eigenvalue weighted by molar-refractivity contribution is 7.89. The molecule has 0 saturated heterocycles. The Hall–Kier alpha value is -3.12. The van der Waals surface area contributed by atoms with Gasteiger partial charge in [-0.05, 0) is 36.4 Å². The molecule has 2 heterocycles. The standard InChI is InChI=1S/C15H11F3N4O4S/c16-15(17,18)13-8-12(9-5-6-21(24)14(23)7-9)22(20-13)10-1-3-11(4-2-10)27(19,25)26/h1-8,24H,(H2,19,25,26). The highest BCUT2D eigenvalue weighted by Crippen LogP contribution is 2.33. The predicted octanol–water partition coefficient (Wildman–Crippen LogP) is 1.60. The van der Waals surface area contributed by atoms with Crippen LogP contribution in [0.2, 0.25) is 0 Å². The molecular formula is C15H11F3N4O4S. The van der Waals surface area contributed by atoms with Crippen molar-refractivity contribution in [1.82, 2.24) is 14.5 Å². The van der Waals surface area contributed by atoms with Crippen molar-refractivity contribution in [3.63, 3.8) is 0 Å². The fourth-order valence-corrected chi connectivity index (χ4v) is 2.85. The normalized spacial score (nSPS) is 12.3. The van der Waals surface area contributed by atoms with E-state index in [-0.39, 0.29) is 26.6 Å². The van der Waals surface area contributed by atoms with Crippen LogP contribution in [0, 0.1) is 0 Å². The summed E-state index contributed by atoms with van der Waals surface area (Å²) in [6.45, 7) is 0. The smallest absolute Gasteiger partial charge is 0.425 e. The Kier molecular flexibility index (Phi) is 4.32. The van der Waals surface area contributed by atoms with E-state index in [9.17, 15) is 31.6 Å². The second kappa shape index (κ2) is 6.25. The minimum atomic E-state index is -4.74. The van der Waals surface area contributed by atoms with Gasteiger partial charge in [0.05, 0.1) is 16.3 Å². The summed E-state index contributed by atoms with van der Waals surface area (Å²) < 4.78 is 63.1. The Labute approximate surface area is 149 Å². The molecule has 0 fully saturated rings. The van der Waals surface area contributed by atoms with Crippen LogP contribution in [-0.2, 0) is 16.2 Å². The van der Waals surface area contributed by atoms with Crippen molar-refractivity contribution in [2.75, 3.05) is 0 Å². The maximum absolute atomic E-state index is 13.1. The SMILES string of the molecule is NS(=O)(=O)c1ccc(-n2nc(C(F)(F)F)cc2-c2ccn(O)c(=O)c2)cc1. The molecule has 3 aromatic rings. The van der Waals surface area contributed by atoms with Gasteiger partial charge in [0, 0.05) is 17.8 Å². The number of rotatable bonds is 3. The lowest BCUT2D eigenvalue weighted by Gasteiger charge is -2.08. The van der Waals surface area contributed by atoms with Gasteiger partial charge in [-0.3, -0.25) is 4.79 Å². The van der Waals surface area contributed by atoms with E-state index < -0.39 is 27.5 Å². The van der Waals surface area contributed by atoms with E-state index in [1.54, 1.807) is 0 Å².